The van der Waals surface area contributed by atoms with Gasteiger partial charge in [0.15, 0.2) is 23.5 Å². The molecule has 1 atom stereocenters. The summed E-state index contributed by atoms with van der Waals surface area (Å²) in [5.41, 5.74) is 2.54. The third-order valence-electron chi connectivity index (χ3n) is 5.28. The van der Waals surface area contributed by atoms with Crippen molar-refractivity contribution < 1.29 is 23.8 Å². The van der Waals surface area contributed by atoms with Gasteiger partial charge in [0.2, 0.25) is 0 Å². The summed E-state index contributed by atoms with van der Waals surface area (Å²) >= 11 is 0. The van der Waals surface area contributed by atoms with Crippen LogP contribution in [0.1, 0.15) is 39.6 Å². The first-order chi connectivity index (χ1) is 13.5. The molecule has 2 aliphatic rings. The van der Waals surface area contributed by atoms with E-state index in [-0.39, 0.29) is 5.91 Å². The number of aromatic nitrogens is 1. The van der Waals surface area contributed by atoms with Gasteiger partial charge in [0, 0.05) is 24.7 Å². The Balaban J connectivity index is 1.78. The van der Waals surface area contributed by atoms with Gasteiger partial charge in [-0.2, -0.15) is 0 Å². The number of hydrogen-bond acceptors (Lipinski definition) is 5. The molecule has 0 spiro atoms. The Labute approximate surface area is 162 Å². The lowest BCUT2D eigenvalue weighted by atomic mass is 9.95. The molecule has 0 fully saturated rings. The van der Waals surface area contributed by atoms with Gasteiger partial charge in [-0.3, -0.25) is 9.59 Å². The predicted molar refractivity (Wildman–Crippen MR) is 103 cm³/mol. The lowest BCUT2D eigenvalue weighted by Gasteiger charge is -2.24. The standard InChI is InChI=1S/C21H22N2O5/c1-21(6-4-8-28-21)22-20(25)15-11-23-7-5-13-9-17(26-2)18(27-3)10-14(13)19(23)16(15)12-24/h4,8-12H,5-7H2,1-3H3,(H,22,25). The van der Waals surface area contributed by atoms with E-state index in [2.05, 4.69) is 5.32 Å². The maximum atomic E-state index is 12.9. The van der Waals surface area contributed by atoms with Crippen LogP contribution in [0.5, 0.6) is 11.5 Å². The predicted octanol–water partition coefficient (Wildman–Crippen LogP) is 2.92. The van der Waals surface area contributed by atoms with Gasteiger partial charge in [-0.05, 0) is 37.1 Å². The maximum Gasteiger partial charge on any atom is 0.256 e. The third-order valence-corrected chi connectivity index (χ3v) is 5.28. The highest BCUT2D eigenvalue weighted by molar-refractivity contribution is 6.05. The zero-order valence-electron chi connectivity index (χ0n) is 16.1. The first kappa shape index (κ1) is 18.2. The second-order valence-electron chi connectivity index (χ2n) is 7.11. The van der Waals surface area contributed by atoms with E-state index in [4.69, 9.17) is 14.2 Å². The second-order valence-corrected chi connectivity index (χ2v) is 7.11. The number of aldehydes is 1. The number of fused-ring (bicyclic) bond motifs is 3. The minimum absolute atomic E-state index is 0.336. The van der Waals surface area contributed by atoms with Crippen molar-refractivity contribution in [2.75, 3.05) is 14.2 Å². The number of methoxy groups -OCH3 is 2. The molecule has 146 valence electrons. The van der Waals surface area contributed by atoms with Crippen molar-refractivity contribution in [1.82, 2.24) is 9.88 Å². The molecule has 1 aromatic carbocycles. The van der Waals surface area contributed by atoms with Crippen LogP contribution in [0.2, 0.25) is 0 Å². The zero-order valence-corrected chi connectivity index (χ0v) is 16.1. The minimum atomic E-state index is -0.797. The van der Waals surface area contributed by atoms with Gasteiger partial charge in [-0.15, -0.1) is 0 Å². The van der Waals surface area contributed by atoms with Gasteiger partial charge in [0.1, 0.15) is 0 Å². The van der Waals surface area contributed by atoms with Crippen molar-refractivity contribution in [3.63, 3.8) is 0 Å². The molecular weight excluding hydrogens is 360 g/mol. The SMILES string of the molecule is COc1cc2c(cc1OC)-c1c(C=O)c(C(=O)NC3(C)CC=CO3)cn1CC2. The molecule has 1 unspecified atom stereocenters. The Morgan fingerprint density at radius 1 is 1.29 bits per heavy atom. The van der Waals surface area contributed by atoms with E-state index in [9.17, 15) is 9.59 Å². The monoisotopic (exact) mass is 382 g/mol. The third kappa shape index (κ3) is 2.83. The van der Waals surface area contributed by atoms with Gasteiger partial charge in [0.25, 0.3) is 5.91 Å². The van der Waals surface area contributed by atoms with E-state index in [0.29, 0.717) is 35.6 Å². The van der Waals surface area contributed by atoms with Gasteiger partial charge >= 0.3 is 0 Å². The van der Waals surface area contributed by atoms with E-state index in [1.807, 2.05) is 22.8 Å². The molecule has 0 saturated heterocycles. The number of nitrogens with zero attached hydrogens (tertiary/aromatic N) is 1. The lowest BCUT2D eigenvalue weighted by Crippen LogP contribution is -2.45. The molecular formula is C21H22N2O5. The van der Waals surface area contributed by atoms with Crippen molar-refractivity contribution in [2.45, 2.75) is 32.0 Å². The van der Waals surface area contributed by atoms with E-state index in [1.54, 1.807) is 33.6 Å². The highest BCUT2D eigenvalue weighted by Crippen LogP contribution is 2.41. The fourth-order valence-corrected chi connectivity index (χ4v) is 3.85. The van der Waals surface area contributed by atoms with E-state index in [0.717, 1.165) is 29.5 Å². The van der Waals surface area contributed by atoms with Crippen molar-refractivity contribution in [3.8, 4) is 22.8 Å². The van der Waals surface area contributed by atoms with Crippen LogP contribution in [0.3, 0.4) is 0 Å². The number of nitrogens with one attached hydrogen (secondary N) is 1. The topological polar surface area (TPSA) is 78.8 Å². The summed E-state index contributed by atoms with van der Waals surface area (Å²) in [7, 11) is 3.16. The zero-order chi connectivity index (χ0) is 19.9. The number of amides is 1. The van der Waals surface area contributed by atoms with Gasteiger partial charge in [-0.25, -0.2) is 0 Å². The molecule has 28 heavy (non-hydrogen) atoms. The van der Waals surface area contributed by atoms with E-state index in [1.165, 1.54) is 0 Å². The summed E-state index contributed by atoms with van der Waals surface area (Å²) < 4.78 is 18.2. The average molecular weight is 382 g/mol. The molecule has 0 bridgehead atoms. The van der Waals surface area contributed by atoms with Gasteiger partial charge in [0.05, 0.1) is 37.3 Å². The van der Waals surface area contributed by atoms with Crippen molar-refractivity contribution in [2.24, 2.45) is 0 Å². The van der Waals surface area contributed by atoms with Crippen LogP contribution in [0.4, 0.5) is 0 Å². The highest BCUT2D eigenvalue weighted by Gasteiger charge is 2.33. The van der Waals surface area contributed by atoms with Crippen LogP contribution >= 0.6 is 0 Å². The van der Waals surface area contributed by atoms with Crippen LogP contribution in [-0.4, -0.2) is 36.7 Å². The van der Waals surface area contributed by atoms with Gasteiger partial charge in [-0.1, -0.05) is 0 Å². The summed E-state index contributed by atoms with van der Waals surface area (Å²) in [6, 6.07) is 3.79. The van der Waals surface area contributed by atoms with E-state index < -0.39 is 5.72 Å². The van der Waals surface area contributed by atoms with Crippen LogP contribution in [-0.2, 0) is 17.7 Å². The number of aryl methyl sites for hydroxylation is 2. The molecule has 0 radical (unpaired) electrons. The Morgan fingerprint density at radius 2 is 2.04 bits per heavy atom. The number of ether oxygens (including phenoxy) is 3. The first-order valence-corrected chi connectivity index (χ1v) is 9.08. The Bertz CT molecular complexity index is 981. The Kier molecular flexibility index (Phi) is 4.37. The Hall–Kier alpha value is -3.22. The van der Waals surface area contributed by atoms with Crippen molar-refractivity contribution in [3.05, 3.63) is 47.4 Å². The number of rotatable bonds is 5. The molecule has 4 rings (SSSR count). The molecule has 1 aromatic heterocycles. The molecule has 7 heteroatoms. The molecule has 2 aliphatic heterocycles. The average Bonchev–Trinajstić information content (AvgIpc) is 3.30. The molecule has 7 nitrogen and oxygen atoms in total. The number of carbonyl (C=O) groups is 2. The summed E-state index contributed by atoms with van der Waals surface area (Å²) in [5, 5.41) is 2.88. The Morgan fingerprint density at radius 3 is 2.68 bits per heavy atom. The number of carbonyl (C=O) groups excluding carboxylic acids is 2. The smallest absolute Gasteiger partial charge is 0.256 e. The summed E-state index contributed by atoms with van der Waals surface area (Å²) in [6.07, 6.45) is 7.23. The second kappa shape index (κ2) is 6.74. The van der Waals surface area contributed by atoms with Gasteiger partial charge < -0.3 is 24.1 Å². The quantitative estimate of drug-likeness (QED) is 0.805. The molecule has 1 N–H and O–H groups in total. The first-order valence-electron chi connectivity index (χ1n) is 9.08. The van der Waals surface area contributed by atoms with Crippen molar-refractivity contribution >= 4 is 12.2 Å². The number of hydrogen-bond donors (Lipinski definition) is 1. The largest absolute Gasteiger partial charge is 0.493 e. The van der Waals surface area contributed by atoms with Crippen LogP contribution in [0.15, 0.2) is 30.7 Å². The van der Waals surface area contributed by atoms with Crippen molar-refractivity contribution in [1.29, 1.82) is 0 Å². The molecule has 2 aromatic rings. The molecule has 1 amide bonds. The van der Waals surface area contributed by atoms with Crippen LogP contribution in [0.25, 0.3) is 11.3 Å². The molecule has 0 saturated carbocycles. The molecule has 0 aliphatic carbocycles. The summed E-state index contributed by atoms with van der Waals surface area (Å²) in [6.45, 7) is 2.47. The number of benzene rings is 1. The highest BCUT2D eigenvalue weighted by atomic mass is 16.5. The van der Waals surface area contributed by atoms with Crippen LogP contribution < -0.4 is 14.8 Å². The normalized spacial score (nSPS) is 19.4. The lowest BCUT2D eigenvalue weighted by molar-refractivity contribution is 0.0268. The minimum Gasteiger partial charge on any atom is -0.493 e. The fraction of sp³-hybridized carbons (Fsp3) is 0.333. The van der Waals surface area contributed by atoms with Crippen LogP contribution in [0, 0.1) is 0 Å². The fourth-order valence-electron chi connectivity index (χ4n) is 3.85. The maximum absolute atomic E-state index is 12.9. The summed E-state index contributed by atoms with van der Waals surface area (Å²) in [5.74, 6) is 0.889. The van der Waals surface area contributed by atoms with E-state index >= 15 is 0 Å². The molecule has 3 heterocycles. The summed E-state index contributed by atoms with van der Waals surface area (Å²) in [4.78, 5) is 24.9.